The summed E-state index contributed by atoms with van der Waals surface area (Å²) in [6, 6.07) is 0. The van der Waals surface area contributed by atoms with Gasteiger partial charge >= 0.3 is 0 Å². The summed E-state index contributed by atoms with van der Waals surface area (Å²) >= 11 is 0. The second kappa shape index (κ2) is 5.10. The molecule has 116 valence electrons. The minimum absolute atomic E-state index is 0.0477. The van der Waals surface area contributed by atoms with Crippen molar-refractivity contribution in [2.45, 2.75) is 43.4 Å². The Kier molecular flexibility index (Phi) is 3.53. The van der Waals surface area contributed by atoms with E-state index in [0.717, 1.165) is 25.7 Å². The maximum atomic E-state index is 12.6. The molecule has 7 nitrogen and oxygen atoms in total. The van der Waals surface area contributed by atoms with Crippen LogP contribution >= 0.6 is 0 Å². The molecule has 0 spiro atoms. The molecule has 1 amide bonds. The molecule has 3 rings (SSSR count). The standard InChI is InChI=1S/C13H20N4O3S/c1-8-3-2-6-17(7-8)13(18)11-12(21(14,19)20)10(15-16-11)9-4-5-9/h8-9H,2-7H2,1H3,(H,15,16)(H2,14,19,20). The summed E-state index contributed by atoms with van der Waals surface area (Å²) in [6.07, 6.45) is 3.81. The number of nitrogens with zero attached hydrogens (tertiary/aromatic N) is 2. The zero-order valence-electron chi connectivity index (χ0n) is 12.0. The molecular formula is C13H20N4O3S. The van der Waals surface area contributed by atoms with E-state index in [4.69, 9.17) is 5.14 Å². The molecule has 0 radical (unpaired) electrons. The fraction of sp³-hybridized carbons (Fsp3) is 0.692. The normalized spacial score (nSPS) is 23.3. The van der Waals surface area contributed by atoms with E-state index in [1.54, 1.807) is 4.90 Å². The van der Waals surface area contributed by atoms with Crippen LogP contribution in [0.15, 0.2) is 4.90 Å². The number of likely N-dealkylation sites (tertiary alicyclic amines) is 1. The number of sulfonamides is 1. The van der Waals surface area contributed by atoms with Crippen molar-refractivity contribution in [1.29, 1.82) is 0 Å². The lowest BCUT2D eigenvalue weighted by atomic mass is 10.00. The van der Waals surface area contributed by atoms with Crippen molar-refractivity contribution in [2.75, 3.05) is 13.1 Å². The topological polar surface area (TPSA) is 109 Å². The maximum absolute atomic E-state index is 12.6. The first-order chi connectivity index (χ1) is 9.88. The fourth-order valence-electron chi connectivity index (χ4n) is 2.95. The summed E-state index contributed by atoms with van der Waals surface area (Å²) in [5, 5.41) is 12.0. The van der Waals surface area contributed by atoms with E-state index in [1.165, 1.54) is 0 Å². The zero-order chi connectivity index (χ0) is 15.2. The van der Waals surface area contributed by atoms with E-state index in [-0.39, 0.29) is 22.4 Å². The van der Waals surface area contributed by atoms with E-state index in [1.807, 2.05) is 0 Å². The van der Waals surface area contributed by atoms with Crippen LogP contribution in [-0.4, -0.2) is 42.5 Å². The first-order valence-electron chi connectivity index (χ1n) is 7.28. The Balaban J connectivity index is 1.96. The molecule has 2 fully saturated rings. The third-order valence-electron chi connectivity index (χ3n) is 4.16. The quantitative estimate of drug-likeness (QED) is 0.860. The van der Waals surface area contributed by atoms with Gasteiger partial charge in [-0.2, -0.15) is 5.10 Å². The van der Waals surface area contributed by atoms with Crippen molar-refractivity contribution < 1.29 is 13.2 Å². The molecule has 1 aliphatic carbocycles. The Bertz CT molecular complexity index is 663. The first kappa shape index (κ1) is 14.5. The number of primary sulfonamides is 1. The van der Waals surface area contributed by atoms with Gasteiger partial charge in [-0.25, -0.2) is 13.6 Å². The Morgan fingerprint density at radius 1 is 1.38 bits per heavy atom. The Morgan fingerprint density at radius 2 is 2.10 bits per heavy atom. The molecule has 1 unspecified atom stereocenters. The largest absolute Gasteiger partial charge is 0.337 e. The second-order valence-corrected chi connectivity index (χ2v) is 7.63. The SMILES string of the molecule is CC1CCCN(C(=O)c2n[nH]c(C3CC3)c2S(N)(=O)=O)C1. The maximum Gasteiger partial charge on any atom is 0.275 e. The number of hydrogen-bond acceptors (Lipinski definition) is 4. The molecule has 2 aliphatic rings. The number of nitrogens with one attached hydrogen (secondary N) is 1. The number of piperidine rings is 1. The lowest BCUT2D eigenvalue weighted by Crippen LogP contribution is -2.40. The molecule has 1 saturated carbocycles. The van der Waals surface area contributed by atoms with E-state index in [0.29, 0.717) is 24.7 Å². The third-order valence-corrected chi connectivity index (χ3v) is 5.15. The van der Waals surface area contributed by atoms with Gasteiger partial charge in [-0.3, -0.25) is 9.89 Å². The molecule has 0 bridgehead atoms. The van der Waals surface area contributed by atoms with Gasteiger partial charge in [0.2, 0.25) is 10.0 Å². The molecule has 21 heavy (non-hydrogen) atoms. The van der Waals surface area contributed by atoms with Gasteiger partial charge in [-0.1, -0.05) is 6.92 Å². The number of rotatable bonds is 3. The van der Waals surface area contributed by atoms with E-state index >= 15 is 0 Å². The van der Waals surface area contributed by atoms with Gasteiger partial charge in [0.15, 0.2) is 5.69 Å². The number of H-pyrrole nitrogens is 1. The average molecular weight is 312 g/mol. The molecule has 1 aromatic rings. The minimum atomic E-state index is -3.96. The van der Waals surface area contributed by atoms with Gasteiger partial charge in [0.25, 0.3) is 5.91 Å². The molecule has 2 heterocycles. The van der Waals surface area contributed by atoms with Gasteiger partial charge in [-0.15, -0.1) is 0 Å². The number of amides is 1. The fourth-order valence-corrected chi connectivity index (χ4v) is 3.87. The number of aromatic amines is 1. The summed E-state index contributed by atoms with van der Waals surface area (Å²) in [5.74, 6) is 0.212. The predicted octanol–water partition coefficient (Wildman–Crippen LogP) is 0.807. The second-order valence-electron chi connectivity index (χ2n) is 6.13. The van der Waals surface area contributed by atoms with Crippen LogP contribution in [0.2, 0.25) is 0 Å². The van der Waals surface area contributed by atoms with E-state index in [9.17, 15) is 13.2 Å². The van der Waals surface area contributed by atoms with Crippen molar-refractivity contribution in [3.63, 3.8) is 0 Å². The smallest absolute Gasteiger partial charge is 0.275 e. The highest BCUT2D eigenvalue weighted by Gasteiger charge is 2.37. The monoisotopic (exact) mass is 312 g/mol. The van der Waals surface area contributed by atoms with Crippen molar-refractivity contribution in [3.8, 4) is 0 Å². The van der Waals surface area contributed by atoms with Crippen LogP contribution < -0.4 is 5.14 Å². The van der Waals surface area contributed by atoms with E-state index < -0.39 is 10.0 Å². The number of carbonyl (C=O) groups excluding carboxylic acids is 1. The predicted molar refractivity (Wildman–Crippen MR) is 76.2 cm³/mol. The number of aromatic nitrogens is 2. The van der Waals surface area contributed by atoms with Gasteiger partial charge < -0.3 is 4.90 Å². The van der Waals surface area contributed by atoms with Crippen LogP contribution in [0.5, 0.6) is 0 Å². The Hall–Kier alpha value is -1.41. The highest BCUT2D eigenvalue weighted by molar-refractivity contribution is 7.89. The summed E-state index contributed by atoms with van der Waals surface area (Å²) in [6.45, 7) is 3.35. The van der Waals surface area contributed by atoms with Crippen LogP contribution in [0, 0.1) is 5.92 Å². The van der Waals surface area contributed by atoms with Crippen molar-refractivity contribution >= 4 is 15.9 Å². The average Bonchev–Trinajstić information content (AvgIpc) is 3.15. The molecule has 3 N–H and O–H groups in total. The molecule has 1 saturated heterocycles. The lowest BCUT2D eigenvalue weighted by Gasteiger charge is -2.30. The van der Waals surface area contributed by atoms with Crippen LogP contribution in [0.3, 0.4) is 0 Å². The first-order valence-corrected chi connectivity index (χ1v) is 8.83. The Labute approximate surface area is 123 Å². The molecule has 1 aliphatic heterocycles. The van der Waals surface area contributed by atoms with E-state index in [2.05, 4.69) is 17.1 Å². The summed E-state index contributed by atoms with van der Waals surface area (Å²) in [5.41, 5.74) is 0.444. The zero-order valence-corrected chi connectivity index (χ0v) is 12.8. The summed E-state index contributed by atoms with van der Waals surface area (Å²) < 4.78 is 23.7. The number of hydrogen-bond donors (Lipinski definition) is 2. The molecule has 0 aromatic carbocycles. The van der Waals surface area contributed by atoms with Crippen LogP contribution in [-0.2, 0) is 10.0 Å². The van der Waals surface area contributed by atoms with Crippen molar-refractivity contribution in [1.82, 2.24) is 15.1 Å². The van der Waals surface area contributed by atoms with Gasteiger partial charge in [0, 0.05) is 19.0 Å². The lowest BCUT2D eigenvalue weighted by molar-refractivity contribution is 0.0673. The summed E-state index contributed by atoms with van der Waals surface area (Å²) in [4.78, 5) is 14.2. The van der Waals surface area contributed by atoms with Gasteiger partial charge in [-0.05, 0) is 31.6 Å². The van der Waals surface area contributed by atoms with Crippen molar-refractivity contribution in [2.24, 2.45) is 11.1 Å². The number of nitrogens with two attached hydrogens (primary N) is 1. The molecule has 1 atom stereocenters. The molecular weight excluding hydrogens is 292 g/mol. The highest BCUT2D eigenvalue weighted by Crippen LogP contribution is 2.42. The Morgan fingerprint density at radius 3 is 2.67 bits per heavy atom. The van der Waals surface area contributed by atoms with Crippen LogP contribution in [0.25, 0.3) is 0 Å². The molecule has 1 aromatic heterocycles. The van der Waals surface area contributed by atoms with Crippen LogP contribution in [0.1, 0.15) is 54.7 Å². The van der Waals surface area contributed by atoms with Crippen molar-refractivity contribution in [3.05, 3.63) is 11.4 Å². The third kappa shape index (κ3) is 2.82. The summed E-state index contributed by atoms with van der Waals surface area (Å²) in [7, 11) is -3.96. The van der Waals surface area contributed by atoms with Gasteiger partial charge in [0.1, 0.15) is 4.90 Å². The highest BCUT2D eigenvalue weighted by atomic mass is 32.2. The van der Waals surface area contributed by atoms with Gasteiger partial charge in [0.05, 0.1) is 5.69 Å². The molecule has 8 heteroatoms. The van der Waals surface area contributed by atoms with Crippen LogP contribution in [0.4, 0.5) is 0 Å². The number of carbonyl (C=O) groups is 1. The minimum Gasteiger partial charge on any atom is -0.337 e.